The summed E-state index contributed by atoms with van der Waals surface area (Å²) in [6.07, 6.45) is 3.86. The van der Waals surface area contributed by atoms with Crippen molar-refractivity contribution in [3.8, 4) is 5.75 Å². The van der Waals surface area contributed by atoms with Crippen molar-refractivity contribution in [1.29, 1.82) is 0 Å². The number of methoxy groups -OCH3 is 1. The highest BCUT2D eigenvalue weighted by Gasteiger charge is 2.26. The minimum Gasteiger partial charge on any atom is -0.496 e. The van der Waals surface area contributed by atoms with E-state index in [-0.39, 0.29) is 6.04 Å². The second-order valence-corrected chi connectivity index (χ2v) is 5.12. The zero-order valence-electron chi connectivity index (χ0n) is 10.7. The van der Waals surface area contributed by atoms with Crippen LogP contribution in [0.3, 0.4) is 0 Å². The Hall–Kier alpha value is -1.54. The highest BCUT2D eigenvalue weighted by atomic mass is 16.5. The van der Waals surface area contributed by atoms with Crippen LogP contribution in [0.4, 0.5) is 0 Å². The molecule has 94 valence electrons. The van der Waals surface area contributed by atoms with E-state index >= 15 is 0 Å². The van der Waals surface area contributed by atoms with Crippen LogP contribution in [0.15, 0.2) is 36.4 Å². The smallest absolute Gasteiger partial charge is 0.126 e. The van der Waals surface area contributed by atoms with Gasteiger partial charge in [0.05, 0.1) is 7.11 Å². The summed E-state index contributed by atoms with van der Waals surface area (Å²) in [5, 5.41) is 2.39. The molecular weight excluding hydrogens is 222 g/mol. The first kappa shape index (κ1) is 11.5. The van der Waals surface area contributed by atoms with Gasteiger partial charge in [-0.3, -0.25) is 0 Å². The molecule has 1 fully saturated rings. The summed E-state index contributed by atoms with van der Waals surface area (Å²) in [7, 11) is 1.72. The van der Waals surface area contributed by atoms with Gasteiger partial charge in [0, 0.05) is 11.4 Å². The van der Waals surface area contributed by atoms with Crippen LogP contribution in [-0.2, 0) is 0 Å². The van der Waals surface area contributed by atoms with E-state index in [1.165, 1.54) is 30.2 Å². The molecule has 1 atom stereocenters. The summed E-state index contributed by atoms with van der Waals surface area (Å²) in [5.74, 6) is 1.58. The van der Waals surface area contributed by atoms with Gasteiger partial charge in [-0.25, -0.2) is 0 Å². The standard InChI is InChI=1S/C16H19NO/c1-18-15-10-9-14(16(17)11-5-4-6-11)12-7-2-3-8-13(12)15/h2-3,7-11,16H,4-6,17H2,1H3. The van der Waals surface area contributed by atoms with Gasteiger partial charge in [0.2, 0.25) is 0 Å². The van der Waals surface area contributed by atoms with Gasteiger partial charge >= 0.3 is 0 Å². The minimum atomic E-state index is 0.162. The fraction of sp³-hybridized carbons (Fsp3) is 0.375. The largest absolute Gasteiger partial charge is 0.496 e. The third-order valence-electron chi connectivity index (χ3n) is 4.15. The van der Waals surface area contributed by atoms with E-state index in [0.29, 0.717) is 5.92 Å². The maximum atomic E-state index is 6.42. The molecule has 0 radical (unpaired) electrons. The molecule has 18 heavy (non-hydrogen) atoms. The lowest BCUT2D eigenvalue weighted by atomic mass is 9.77. The van der Waals surface area contributed by atoms with E-state index in [0.717, 1.165) is 11.1 Å². The van der Waals surface area contributed by atoms with Gasteiger partial charge in [-0.2, -0.15) is 0 Å². The number of nitrogens with two attached hydrogens (primary N) is 1. The number of rotatable bonds is 3. The molecule has 0 bridgehead atoms. The number of fused-ring (bicyclic) bond motifs is 1. The average Bonchev–Trinajstić information content (AvgIpc) is 2.35. The molecule has 0 amide bonds. The molecule has 2 aromatic rings. The van der Waals surface area contributed by atoms with Crippen molar-refractivity contribution in [2.24, 2.45) is 11.7 Å². The van der Waals surface area contributed by atoms with Gasteiger partial charge in [0.1, 0.15) is 5.75 Å². The van der Waals surface area contributed by atoms with E-state index in [4.69, 9.17) is 10.5 Å². The third-order valence-corrected chi connectivity index (χ3v) is 4.15. The molecule has 1 aliphatic rings. The fourth-order valence-corrected chi connectivity index (χ4v) is 2.82. The predicted molar refractivity (Wildman–Crippen MR) is 74.8 cm³/mol. The highest BCUT2D eigenvalue weighted by Crippen LogP contribution is 2.39. The molecule has 1 saturated carbocycles. The fourth-order valence-electron chi connectivity index (χ4n) is 2.82. The van der Waals surface area contributed by atoms with Crippen LogP contribution in [0.5, 0.6) is 5.75 Å². The molecule has 2 heteroatoms. The molecule has 0 saturated heterocycles. The lowest BCUT2D eigenvalue weighted by Crippen LogP contribution is -2.27. The first-order valence-corrected chi connectivity index (χ1v) is 6.62. The van der Waals surface area contributed by atoms with E-state index in [1.54, 1.807) is 7.11 Å². The third kappa shape index (κ3) is 1.77. The summed E-state index contributed by atoms with van der Waals surface area (Å²) < 4.78 is 5.42. The molecule has 2 nitrogen and oxygen atoms in total. The van der Waals surface area contributed by atoms with Crippen LogP contribution < -0.4 is 10.5 Å². The van der Waals surface area contributed by atoms with Gasteiger partial charge in [0.15, 0.2) is 0 Å². The van der Waals surface area contributed by atoms with Crippen LogP contribution >= 0.6 is 0 Å². The Morgan fingerprint density at radius 1 is 1.11 bits per heavy atom. The van der Waals surface area contributed by atoms with E-state index in [9.17, 15) is 0 Å². The SMILES string of the molecule is COc1ccc(C(N)C2CCC2)c2ccccc12. The quantitative estimate of drug-likeness (QED) is 0.890. The van der Waals surface area contributed by atoms with E-state index in [2.05, 4.69) is 24.3 Å². The molecule has 2 aromatic carbocycles. The van der Waals surface area contributed by atoms with Crippen molar-refractivity contribution < 1.29 is 4.74 Å². The van der Waals surface area contributed by atoms with Crippen molar-refractivity contribution in [2.45, 2.75) is 25.3 Å². The first-order valence-electron chi connectivity index (χ1n) is 6.62. The van der Waals surface area contributed by atoms with Crippen LogP contribution in [0.2, 0.25) is 0 Å². The molecule has 0 spiro atoms. The second-order valence-electron chi connectivity index (χ2n) is 5.12. The minimum absolute atomic E-state index is 0.162. The summed E-state index contributed by atoms with van der Waals surface area (Å²) in [5.41, 5.74) is 7.68. The Kier molecular flexibility index (Phi) is 2.96. The molecule has 1 unspecified atom stereocenters. The van der Waals surface area contributed by atoms with Gasteiger partial charge < -0.3 is 10.5 Å². The van der Waals surface area contributed by atoms with Crippen LogP contribution in [0.25, 0.3) is 10.8 Å². The topological polar surface area (TPSA) is 35.2 Å². The normalized spacial score (nSPS) is 17.4. The predicted octanol–water partition coefficient (Wildman–Crippen LogP) is 3.65. The summed E-state index contributed by atoms with van der Waals surface area (Å²) >= 11 is 0. The van der Waals surface area contributed by atoms with Crippen molar-refractivity contribution in [1.82, 2.24) is 0 Å². The molecule has 2 N–H and O–H groups in total. The second kappa shape index (κ2) is 4.62. The number of benzene rings is 2. The Balaban J connectivity index is 2.12. The zero-order valence-corrected chi connectivity index (χ0v) is 10.7. The lowest BCUT2D eigenvalue weighted by molar-refractivity contribution is 0.265. The summed E-state index contributed by atoms with van der Waals surface area (Å²) in [6, 6.07) is 12.7. The van der Waals surface area contributed by atoms with Gasteiger partial charge in [-0.1, -0.05) is 36.8 Å². The Morgan fingerprint density at radius 3 is 2.44 bits per heavy atom. The zero-order chi connectivity index (χ0) is 12.5. The Labute approximate surface area is 108 Å². The maximum absolute atomic E-state index is 6.42. The van der Waals surface area contributed by atoms with Crippen molar-refractivity contribution in [2.75, 3.05) is 7.11 Å². The lowest BCUT2D eigenvalue weighted by Gasteiger charge is -2.32. The summed E-state index contributed by atoms with van der Waals surface area (Å²) in [4.78, 5) is 0. The molecule has 3 rings (SSSR count). The van der Waals surface area contributed by atoms with E-state index in [1.807, 2.05) is 12.1 Å². The highest BCUT2D eigenvalue weighted by molar-refractivity contribution is 5.91. The van der Waals surface area contributed by atoms with Crippen LogP contribution in [0.1, 0.15) is 30.9 Å². The number of hydrogen-bond donors (Lipinski definition) is 1. The molecule has 0 aromatic heterocycles. The van der Waals surface area contributed by atoms with E-state index < -0.39 is 0 Å². The molecule has 0 aliphatic heterocycles. The number of hydrogen-bond acceptors (Lipinski definition) is 2. The molecule has 0 heterocycles. The Bertz CT molecular complexity index is 560. The van der Waals surface area contributed by atoms with Crippen molar-refractivity contribution in [3.63, 3.8) is 0 Å². The monoisotopic (exact) mass is 241 g/mol. The van der Waals surface area contributed by atoms with Crippen molar-refractivity contribution in [3.05, 3.63) is 42.0 Å². The summed E-state index contributed by atoms with van der Waals surface area (Å²) in [6.45, 7) is 0. The van der Waals surface area contributed by atoms with Crippen molar-refractivity contribution >= 4 is 10.8 Å². The van der Waals surface area contributed by atoms with Gasteiger partial charge in [0.25, 0.3) is 0 Å². The van der Waals surface area contributed by atoms with Crippen LogP contribution in [0, 0.1) is 5.92 Å². The van der Waals surface area contributed by atoms with Crippen LogP contribution in [-0.4, -0.2) is 7.11 Å². The molecule has 1 aliphatic carbocycles. The van der Waals surface area contributed by atoms with Gasteiger partial charge in [-0.15, -0.1) is 0 Å². The molecular formula is C16H19NO. The first-order chi connectivity index (χ1) is 8.81. The number of ether oxygens (including phenoxy) is 1. The van der Waals surface area contributed by atoms with Gasteiger partial charge in [-0.05, 0) is 35.8 Å². The average molecular weight is 241 g/mol. The Morgan fingerprint density at radius 2 is 1.83 bits per heavy atom. The maximum Gasteiger partial charge on any atom is 0.126 e.